The van der Waals surface area contributed by atoms with Crippen molar-refractivity contribution < 1.29 is 9.53 Å². The zero-order valence-electron chi connectivity index (χ0n) is 13.0. The van der Waals surface area contributed by atoms with E-state index in [4.69, 9.17) is 4.74 Å². The van der Waals surface area contributed by atoms with E-state index in [0.29, 0.717) is 18.4 Å². The second kappa shape index (κ2) is 6.08. The third-order valence-electron chi connectivity index (χ3n) is 5.00. The lowest BCUT2D eigenvalue weighted by molar-refractivity contribution is -0.129. The molecule has 1 aromatic rings. The van der Waals surface area contributed by atoms with Gasteiger partial charge in [-0.2, -0.15) is 0 Å². The molecule has 0 aliphatic heterocycles. The SMILES string of the molecule is CC[C@@H](Oc1cccc(C)c1)C(=O)N[C@H]1C[C@H]2CC[C@H]1C2. The van der Waals surface area contributed by atoms with Crippen LogP contribution in [0.4, 0.5) is 0 Å². The maximum atomic E-state index is 12.5. The number of rotatable bonds is 5. The van der Waals surface area contributed by atoms with Gasteiger partial charge in [0.2, 0.25) is 0 Å². The molecule has 0 spiro atoms. The molecule has 0 aromatic heterocycles. The first kappa shape index (κ1) is 14.4. The highest BCUT2D eigenvalue weighted by molar-refractivity contribution is 5.81. The van der Waals surface area contributed by atoms with Crippen LogP contribution in [0.15, 0.2) is 24.3 Å². The lowest BCUT2D eigenvalue weighted by Crippen LogP contribution is -2.45. The van der Waals surface area contributed by atoms with Crippen LogP contribution in [0.1, 0.15) is 44.6 Å². The molecule has 2 aliphatic rings. The van der Waals surface area contributed by atoms with Crippen molar-refractivity contribution >= 4 is 5.91 Å². The molecule has 3 heteroatoms. The quantitative estimate of drug-likeness (QED) is 0.900. The minimum Gasteiger partial charge on any atom is -0.481 e. The van der Waals surface area contributed by atoms with Gasteiger partial charge in [0.05, 0.1) is 0 Å². The van der Waals surface area contributed by atoms with Gasteiger partial charge in [-0.15, -0.1) is 0 Å². The van der Waals surface area contributed by atoms with E-state index in [2.05, 4.69) is 5.32 Å². The standard InChI is InChI=1S/C18H25NO2/c1-3-17(21-15-6-4-5-12(2)9-15)18(20)19-16-11-13-7-8-14(16)10-13/h4-6,9,13-14,16-17H,3,7-8,10-11H2,1-2H3,(H,19,20)/t13-,14-,16-,17+/m0/s1. The van der Waals surface area contributed by atoms with Crippen molar-refractivity contribution in [2.45, 2.75) is 58.1 Å². The van der Waals surface area contributed by atoms with Gasteiger partial charge in [-0.1, -0.05) is 25.5 Å². The van der Waals surface area contributed by atoms with Gasteiger partial charge in [-0.25, -0.2) is 0 Å². The van der Waals surface area contributed by atoms with Crippen LogP contribution in [0.25, 0.3) is 0 Å². The Bertz CT molecular complexity index is 514. The summed E-state index contributed by atoms with van der Waals surface area (Å²) in [6.07, 6.45) is 5.42. The van der Waals surface area contributed by atoms with Gasteiger partial charge in [0.25, 0.3) is 5.91 Å². The van der Waals surface area contributed by atoms with Crippen LogP contribution in [-0.2, 0) is 4.79 Å². The molecule has 2 saturated carbocycles. The number of carbonyl (C=O) groups is 1. The largest absolute Gasteiger partial charge is 0.481 e. The monoisotopic (exact) mass is 287 g/mol. The smallest absolute Gasteiger partial charge is 0.261 e. The number of ether oxygens (including phenoxy) is 1. The molecule has 0 radical (unpaired) electrons. The van der Waals surface area contributed by atoms with E-state index in [-0.39, 0.29) is 12.0 Å². The van der Waals surface area contributed by atoms with E-state index in [1.807, 2.05) is 38.1 Å². The van der Waals surface area contributed by atoms with E-state index in [1.165, 1.54) is 19.3 Å². The topological polar surface area (TPSA) is 38.3 Å². The van der Waals surface area contributed by atoms with Gasteiger partial charge < -0.3 is 10.1 Å². The molecule has 1 amide bonds. The number of carbonyl (C=O) groups excluding carboxylic acids is 1. The Hall–Kier alpha value is -1.51. The van der Waals surface area contributed by atoms with Gasteiger partial charge in [-0.05, 0) is 62.1 Å². The van der Waals surface area contributed by atoms with Crippen LogP contribution in [0.3, 0.4) is 0 Å². The summed E-state index contributed by atoms with van der Waals surface area (Å²) < 4.78 is 5.88. The zero-order chi connectivity index (χ0) is 14.8. The van der Waals surface area contributed by atoms with Crippen molar-refractivity contribution in [2.75, 3.05) is 0 Å². The first-order valence-electron chi connectivity index (χ1n) is 8.19. The number of hydrogen-bond donors (Lipinski definition) is 1. The highest BCUT2D eigenvalue weighted by Gasteiger charge is 2.40. The maximum Gasteiger partial charge on any atom is 0.261 e. The molecular weight excluding hydrogens is 262 g/mol. The van der Waals surface area contributed by atoms with E-state index in [1.54, 1.807) is 0 Å². The predicted octanol–water partition coefficient (Wildman–Crippen LogP) is 3.46. The average molecular weight is 287 g/mol. The number of hydrogen-bond acceptors (Lipinski definition) is 2. The predicted molar refractivity (Wildman–Crippen MR) is 83.3 cm³/mol. The van der Waals surface area contributed by atoms with Crippen LogP contribution in [-0.4, -0.2) is 18.1 Å². The third-order valence-corrected chi connectivity index (χ3v) is 5.00. The van der Waals surface area contributed by atoms with Gasteiger partial charge in [0.1, 0.15) is 5.75 Å². The molecule has 0 saturated heterocycles. The first-order valence-corrected chi connectivity index (χ1v) is 8.19. The minimum absolute atomic E-state index is 0.0524. The van der Waals surface area contributed by atoms with Crippen LogP contribution < -0.4 is 10.1 Å². The summed E-state index contributed by atoms with van der Waals surface area (Å²) in [5.74, 6) is 2.38. The number of nitrogens with one attached hydrogen (secondary N) is 1. The van der Waals surface area contributed by atoms with Crippen molar-refractivity contribution in [2.24, 2.45) is 11.8 Å². The summed E-state index contributed by atoms with van der Waals surface area (Å²) >= 11 is 0. The number of benzene rings is 1. The lowest BCUT2D eigenvalue weighted by atomic mass is 9.95. The van der Waals surface area contributed by atoms with Crippen molar-refractivity contribution in [1.82, 2.24) is 5.32 Å². The van der Waals surface area contributed by atoms with Crippen molar-refractivity contribution in [3.63, 3.8) is 0 Å². The van der Waals surface area contributed by atoms with E-state index >= 15 is 0 Å². The van der Waals surface area contributed by atoms with E-state index in [0.717, 1.165) is 23.7 Å². The Kier molecular flexibility index (Phi) is 4.18. The Morgan fingerprint density at radius 2 is 2.24 bits per heavy atom. The van der Waals surface area contributed by atoms with Crippen LogP contribution in [0.5, 0.6) is 5.75 Å². The zero-order valence-corrected chi connectivity index (χ0v) is 13.0. The third kappa shape index (κ3) is 3.22. The van der Waals surface area contributed by atoms with Gasteiger partial charge >= 0.3 is 0 Å². The fraction of sp³-hybridized carbons (Fsp3) is 0.611. The molecule has 1 aromatic carbocycles. The second-order valence-electron chi connectivity index (χ2n) is 6.62. The maximum absolute atomic E-state index is 12.5. The fourth-order valence-corrected chi connectivity index (χ4v) is 3.87. The molecular formula is C18H25NO2. The summed E-state index contributed by atoms with van der Waals surface area (Å²) in [6, 6.07) is 8.27. The molecule has 2 bridgehead atoms. The minimum atomic E-state index is -0.383. The summed E-state index contributed by atoms with van der Waals surface area (Å²) in [6.45, 7) is 4.03. The molecule has 3 nitrogen and oxygen atoms in total. The molecule has 2 fully saturated rings. The summed E-state index contributed by atoms with van der Waals surface area (Å²) in [5.41, 5.74) is 1.15. The Morgan fingerprint density at radius 1 is 1.38 bits per heavy atom. The normalized spacial score (nSPS) is 28.4. The molecule has 4 atom stereocenters. The van der Waals surface area contributed by atoms with Crippen molar-refractivity contribution in [1.29, 1.82) is 0 Å². The Labute approximate surface area is 127 Å². The first-order chi connectivity index (χ1) is 10.2. The highest BCUT2D eigenvalue weighted by atomic mass is 16.5. The lowest BCUT2D eigenvalue weighted by Gasteiger charge is -2.25. The van der Waals surface area contributed by atoms with Gasteiger partial charge in [0, 0.05) is 6.04 Å². The summed E-state index contributed by atoms with van der Waals surface area (Å²) in [5, 5.41) is 3.23. The van der Waals surface area contributed by atoms with Crippen molar-refractivity contribution in [3.8, 4) is 5.75 Å². The fourth-order valence-electron chi connectivity index (χ4n) is 3.87. The molecule has 0 heterocycles. The van der Waals surface area contributed by atoms with E-state index < -0.39 is 0 Å². The summed E-state index contributed by atoms with van der Waals surface area (Å²) in [7, 11) is 0. The number of amides is 1. The summed E-state index contributed by atoms with van der Waals surface area (Å²) in [4.78, 5) is 12.5. The van der Waals surface area contributed by atoms with Crippen molar-refractivity contribution in [3.05, 3.63) is 29.8 Å². The van der Waals surface area contributed by atoms with Crippen LogP contribution in [0, 0.1) is 18.8 Å². The molecule has 2 aliphatic carbocycles. The molecule has 1 N–H and O–H groups in total. The van der Waals surface area contributed by atoms with E-state index in [9.17, 15) is 4.79 Å². The number of fused-ring (bicyclic) bond motifs is 2. The molecule has 3 rings (SSSR count). The van der Waals surface area contributed by atoms with Crippen LogP contribution >= 0.6 is 0 Å². The Balaban J connectivity index is 1.59. The van der Waals surface area contributed by atoms with Gasteiger partial charge in [-0.3, -0.25) is 4.79 Å². The molecule has 21 heavy (non-hydrogen) atoms. The average Bonchev–Trinajstić information content (AvgIpc) is 3.07. The highest BCUT2D eigenvalue weighted by Crippen LogP contribution is 2.44. The molecule has 114 valence electrons. The van der Waals surface area contributed by atoms with Crippen LogP contribution in [0.2, 0.25) is 0 Å². The Morgan fingerprint density at radius 3 is 2.86 bits per heavy atom. The number of aryl methyl sites for hydroxylation is 1. The van der Waals surface area contributed by atoms with Gasteiger partial charge in [0.15, 0.2) is 6.10 Å². The molecule has 0 unspecified atom stereocenters. The second-order valence-corrected chi connectivity index (χ2v) is 6.62.